The molecule has 4 rings (SSSR count). The number of ether oxygens (including phenoxy) is 3. The molecule has 0 atom stereocenters. The van der Waals surface area contributed by atoms with E-state index in [1.807, 2.05) is 0 Å². The number of urea groups is 1. The van der Waals surface area contributed by atoms with Crippen molar-refractivity contribution in [3.05, 3.63) is 42.2 Å². The first-order valence-corrected chi connectivity index (χ1v) is 10.4. The van der Waals surface area contributed by atoms with Crippen molar-refractivity contribution in [1.82, 2.24) is 9.88 Å². The van der Waals surface area contributed by atoms with Crippen LogP contribution in [0.5, 0.6) is 16.7 Å². The third-order valence-electron chi connectivity index (χ3n) is 4.93. The number of carbonyl (C=O) groups is 1. The van der Waals surface area contributed by atoms with Gasteiger partial charge < -0.3 is 24.4 Å². The van der Waals surface area contributed by atoms with Gasteiger partial charge in [-0.3, -0.25) is 0 Å². The number of methoxy groups -OCH3 is 2. The highest BCUT2D eigenvalue weighted by molar-refractivity contribution is 7.20. The summed E-state index contributed by atoms with van der Waals surface area (Å²) >= 11 is 1.33. The second kappa shape index (κ2) is 8.74. The standard InChI is InChI=1S/C21H22FN3O4S/c1-27-16-10-14(11-17(12-16)28-2)23-20(26)25-7-5-15(6-8-25)29-21-24-18-4-3-13(22)9-19(18)30-21/h3-4,9-12,15H,5-8H2,1-2H3,(H,23,26). The van der Waals surface area contributed by atoms with Gasteiger partial charge in [0.05, 0.1) is 24.4 Å². The van der Waals surface area contributed by atoms with Gasteiger partial charge in [0, 0.05) is 49.8 Å². The molecule has 0 bridgehead atoms. The van der Waals surface area contributed by atoms with E-state index in [2.05, 4.69) is 10.3 Å². The van der Waals surface area contributed by atoms with E-state index in [1.165, 1.54) is 23.5 Å². The zero-order chi connectivity index (χ0) is 21.1. The summed E-state index contributed by atoms with van der Waals surface area (Å²) in [7, 11) is 3.13. The van der Waals surface area contributed by atoms with Gasteiger partial charge in [0.15, 0.2) is 0 Å². The van der Waals surface area contributed by atoms with Gasteiger partial charge in [0.1, 0.15) is 23.4 Å². The van der Waals surface area contributed by atoms with E-state index in [4.69, 9.17) is 14.2 Å². The molecular formula is C21H22FN3O4S. The average Bonchev–Trinajstić information content (AvgIpc) is 3.15. The van der Waals surface area contributed by atoms with Crippen molar-refractivity contribution >= 4 is 33.3 Å². The lowest BCUT2D eigenvalue weighted by atomic mass is 10.1. The number of fused-ring (bicyclic) bond motifs is 1. The number of likely N-dealkylation sites (tertiary alicyclic amines) is 1. The Balaban J connectivity index is 1.33. The lowest BCUT2D eigenvalue weighted by Crippen LogP contribution is -2.43. The Morgan fingerprint density at radius 3 is 2.50 bits per heavy atom. The summed E-state index contributed by atoms with van der Waals surface area (Å²) in [5.74, 6) is 0.922. The topological polar surface area (TPSA) is 72.9 Å². The fraction of sp³-hybridized carbons (Fsp3) is 0.333. The highest BCUT2D eigenvalue weighted by Crippen LogP contribution is 2.30. The fourth-order valence-electron chi connectivity index (χ4n) is 3.33. The number of rotatable bonds is 5. The molecule has 158 valence electrons. The number of amides is 2. The molecule has 0 spiro atoms. The van der Waals surface area contributed by atoms with Crippen molar-refractivity contribution in [2.45, 2.75) is 18.9 Å². The number of anilines is 1. The first-order valence-electron chi connectivity index (χ1n) is 9.56. The van der Waals surface area contributed by atoms with Gasteiger partial charge in [-0.1, -0.05) is 11.3 Å². The van der Waals surface area contributed by atoms with Crippen LogP contribution in [0.3, 0.4) is 0 Å². The predicted molar refractivity (Wildman–Crippen MR) is 113 cm³/mol. The lowest BCUT2D eigenvalue weighted by Gasteiger charge is -2.31. The first-order chi connectivity index (χ1) is 14.5. The Hall–Kier alpha value is -3.07. The number of thiazole rings is 1. The lowest BCUT2D eigenvalue weighted by molar-refractivity contribution is 0.115. The van der Waals surface area contributed by atoms with Crippen molar-refractivity contribution in [1.29, 1.82) is 0 Å². The van der Waals surface area contributed by atoms with Gasteiger partial charge in [-0.05, 0) is 18.2 Å². The van der Waals surface area contributed by atoms with Crippen molar-refractivity contribution in [2.75, 3.05) is 32.6 Å². The van der Waals surface area contributed by atoms with Gasteiger partial charge in [-0.25, -0.2) is 14.2 Å². The Kier molecular flexibility index (Phi) is 5.89. The Bertz CT molecular complexity index is 1030. The molecule has 1 aliphatic rings. The van der Waals surface area contributed by atoms with E-state index in [-0.39, 0.29) is 18.0 Å². The quantitative estimate of drug-likeness (QED) is 0.643. The van der Waals surface area contributed by atoms with Gasteiger partial charge in [0.2, 0.25) is 0 Å². The number of aromatic nitrogens is 1. The molecule has 1 aliphatic heterocycles. The largest absolute Gasteiger partial charge is 0.497 e. The highest BCUT2D eigenvalue weighted by Gasteiger charge is 2.25. The second-order valence-corrected chi connectivity index (χ2v) is 7.92. The number of hydrogen-bond acceptors (Lipinski definition) is 6. The monoisotopic (exact) mass is 431 g/mol. The van der Waals surface area contributed by atoms with Crippen LogP contribution in [0.15, 0.2) is 36.4 Å². The maximum atomic E-state index is 13.3. The summed E-state index contributed by atoms with van der Waals surface area (Å²) in [6, 6.07) is 9.54. The van der Waals surface area contributed by atoms with Crippen molar-refractivity contribution < 1.29 is 23.4 Å². The summed E-state index contributed by atoms with van der Waals surface area (Å²) in [5.41, 5.74) is 1.33. The molecular weight excluding hydrogens is 409 g/mol. The number of nitrogens with one attached hydrogen (secondary N) is 1. The number of hydrogen-bond donors (Lipinski definition) is 1. The van der Waals surface area contributed by atoms with Crippen LogP contribution in [0.4, 0.5) is 14.9 Å². The van der Waals surface area contributed by atoms with Crippen LogP contribution >= 0.6 is 11.3 Å². The molecule has 30 heavy (non-hydrogen) atoms. The molecule has 9 heteroatoms. The number of benzene rings is 2. The molecule has 0 unspecified atom stereocenters. The number of piperidine rings is 1. The van der Waals surface area contributed by atoms with Crippen molar-refractivity contribution in [2.24, 2.45) is 0 Å². The van der Waals surface area contributed by atoms with Gasteiger partial charge in [0.25, 0.3) is 5.19 Å². The van der Waals surface area contributed by atoms with Crippen LogP contribution < -0.4 is 19.5 Å². The fourth-order valence-corrected chi connectivity index (χ4v) is 4.24. The normalized spacial score (nSPS) is 14.6. The van der Waals surface area contributed by atoms with E-state index >= 15 is 0 Å². The summed E-state index contributed by atoms with van der Waals surface area (Å²) < 4.78 is 30.6. The van der Waals surface area contributed by atoms with Crippen LogP contribution in [-0.4, -0.2) is 49.3 Å². The second-order valence-electron chi connectivity index (χ2n) is 6.93. The smallest absolute Gasteiger partial charge is 0.321 e. The van der Waals surface area contributed by atoms with Gasteiger partial charge >= 0.3 is 6.03 Å². The molecule has 1 fully saturated rings. The SMILES string of the molecule is COc1cc(NC(=O)N2CCC(Oc3nc4ccc(F)cc4s3)CC2)cc(OC)c1. The molecule has 1 aromatic heterocycles. The zero-order valence-corrected chi connectivity index (χ0v) is 17.5. The minimum Gasteiger partial charge on any atom is -0.497 e. The van der Waals surface area contributed by atoms with Gasteiger partial charge in [-0.15, -0.1) is 0 Å². The zero-order valence-electron chi connectivity index (χ0n) is 16.7. The molecule has 1 saturated heterocycles. The maximum absolute atomic E-state index is 13.3. The molecule has 0 radical (unpaired) electrons. The summed E-state index contributed by atoms with van der Waals surface area (Å²) in [6.45, 7) is 1.13. The third kappa shape index (κ3) is 4.56. The van der Waals surface area contributed by atoms with Crippen LogP contribution in [0.25, 0.3) is 10.2 Å². The molecule has 2 heterocycles. The molecule has 1 N–H and O–H groups in total. The molecule has 0 saturated carbocycles. The molecule has 0 aliphatic carbocycles. The number of halogens is 1. The maximum Gasteiger partial charge on any atom is 0.321 e. The van der Waals surface area contributed by atoms with Crippen LogP contribution in [0.2, 0.25) is 0 Å². The van der Waals surface area contributed by atoms with E-state index in [9.17, 15) is 9.18 Å². The molecule has 2 aromatic carbocycles. The minimum atomic E-state index is -0.286. The third-order valence-corrected chi connectivity index (χ3v) is 5.84. The number of carbonyl (C=O) groups excluding carboxylic acids is 1. The van der Waals surface area contributed by atoms with Crippen molar-refractivity contribution in [3.8, 4) is 16.7 Å². The summed E-state index contributed by atoms with van der Waals surface area (Å²) in [6.07, 6.45) is 1.36. The molecule has 3 aromatic rings. The first kappa shape index (κ1) is 20.2. The number of nitrogens with zero attached hydrogens (tertiary/aromatic N) is 2. The summed E-state index contributed by atoms with van der Waals surface area (Å²) in [4.78, 5) is 18.8. The van der Waals surface area contributed by atoms with E-state index < -0.39 is 0 Å². The molecule has 2 amide bonds. The Labute approximate surface area is 177 Å². The van der Waals surface area contributed by atoms with Crippen LogP contribution in [-0.2, 0) is 0 Å². The van der Waals surface area contributed by atoms with E-state index in [1.54, 1.807) is 43.4 Å². The van der Waals surface area contributed by atoms with Crippen molar-refractivity contribution in [3.63, 3.8) is 0 Å². The summed E-state index contributed by atoms with van der Waals surface area (Å²) in [5, 5.41) is 3.42. The minimum absolute atomic E-state index is 0.0311. The van der Waals surface area contributed by atoms with Gasteiger partial charge in [-0.2, -0.15) is 0 Å². The Morgan fingerprint density at radius 1 is 1.13 bits per heavy atom. The van der Waals surface area contributed by atoms with Crippen LogP contribution in [0.1, 0.15) is 12.8 Å². The average molecular weight is 431 g/mol. The van der Waals surface area contributed by atoms with E-state index in [0.717, 1.165) is 10.2 Å². The molecule has 7 nitrogen and oxygen atoms in total. The highest BCUT2D eigenvalue weighted by atomic mass is 32.1. The van der Waals surface area contributed by atoms with Crippen LogP contribution in [0, 0.1) is 5.82 Å². The Morgan fingerprint density at radius 2 is 1.83 bits per heavy atom. The van der Waals surface area contributed by atoms with E-state index in [0.29, 0.717) is 48.3 Å². The predicted octanol–water partition coefficient (Wildman–Crippen LogP) is 4.53.